The molecule has 6 N–H and O–H groups in total. The zero-order valence-electron chi connectivity index (χ0n) is 30.0. The van der Waals surface area contributed by atoms with Crippen molar-refractivity contribution < 1.29 is 63.1 Å². The maximum Gasteiger partial charge on any atom is 0.472 e. The number of phosphoric acid groups is 1. The van der Waals surface area contributed by atoms with E-state index in [0.29, 0.717) is 12.8 Å². The van der Waals surface area contributed by atoms with Gasteiger partial charge in [-0.25, -0.2) is 4.57 Å². The van der Waals surface area contributed by atoms with Crippen molar-refractivity contribution in [3.05, 3.63) is 0 Å². The van der Waals surface area contributed by atoms with E-state index < -0.39 is 75.7 Å². The van der Waals surface area contributed by atoms with Crippen molar-refractivity contribution in [3.63, 3.8) is 0 Å². The van der Waals surface area contributed by atoms with Crippen LogP contribution in [-0.4, -0.2) is 98.3 Å². The van der Waals surface area contributed by atoms with Gasteiger partial charge in [-0.2, -0.15) is 0 Å². The number of esters is 2. The third kappa shape index (κ3) is 21.1. The highest BCUT2D eigenvalue weighted by atomic mass is 31.2. The van der Waals surface area contributed by atoms with E-state index in [1.54, 1.807) is 0 Å². The predicted octanol–water partition coefficient (Wildman–Crippen LogP) is 5.38. The van der Waals surface area contributed by atoms with Crippen LogP contribution in [0.1, 0.15) is 155 Å². The number of aliphatic hydroxyl groups is 5. The molecule has 1 rings (SSSR count). The first-order valence-electron chi connectivity index (χ1n) is 18.8. The maximum absolute atomic E-state index is 12.7. The summed E-state index contributed by atoms with van der Waals surface area (Å²) in [5.74, 6) is -1.10. The van der Waals surface area contributed by atoms with Gasteiger partial charge in [0.2, 0.25) is 0 Å². The molecular formula is C35H67O13P. The topological polar surface area (TPSA) is 210 Å². The number of unbranched alkanes of at least 4 members (excludes halogenated alkanes) is 18. The van der Waals surface area contributed by atoms with Crippen molar-refractivity contribution in [3.8, 4) is 0 Å². The van der Waals surface area contributed by atoms with Gasteiger partial charge < -0.3 is 39.9 Å². The molecule has 0 radical (unpaired) electrons. The van der Waals surface area contributed by atoms with Crippen LogP contribution in [-0.2, 0) is 32.7 Å². The van der Waals surface area contributed by atoms with Crippen molar-refractivity contribution in [2.24, 2.45) is 0 Å². The summed E-state index contributed by atoms with van der Waals surface area (Å²) >= 11 is 0. The Morgan fingerprint density at radius 1 is 0.551 bits per heavy atom. The van der Waals surface area contributed by atoms with Crippen LogP contribution in [0.5, 0.6) is 0 Å². The van der Waals surface area contributed by atoms with Crippen molar-refractivity contribution in [2.75, 3.05) is 13.2 Å². The van der Waals surface area contributed by atoms with Gasteiger partial charge in [0.15, 0.2) is 6.10 Å². The molecule has 0 aromatic rings. The van der Waals surface area contributed by atoms with E-state index in [1.807, 2.05) is 0 Å². The highest BCUT2D eigenvalue weighted by Crippen LogP contribution is 2.47. The molecule has 0 bridgehead atoms. The van der Waals surface area contributed by atoms with Gasteiger partial charge in [0.1, 0.15) is 43.2 Å². The Balaban J connectivity index is 2.51. The Morgan fingerprint density at radius 3 is 1.35 bits per heavy atom. The molecule has 0 aromatic carbocycles. The summed E-state index contributed by atoms with van der Waals surface area (Å²) in [4.78, 5) is 35.2. The molecular weight excluding hydrogens is 659 g/mol. The van der Waals surface area contributed by atoms with Crippen molar-refractivity contribution >= 4 is 19.8 Å². The number of aliphatic hydroxyl groups excluding tert-OH is 5. The molecule has 0 spiro atoms. The molecule has 0 heterocycles. The number of hydrogen-bond donors (Lipinski definition) is 6. The second-order valence-corrected chi connectivity index (χ2v) is 14.9. The van der Waals surface area contributed by atoms with E-state index in [0.717, 1.165) is 51.4 Å². The summed E-state index contributed by atoms with van der Waals surface area (Å²) < 4.78 is 33.2. The first-order valence-corrected chi connectivity index (χ1v) is 20.3. The zero-order chi connectivity index (χ0) is 36.5. The number of ether oxygens (including phenoxy) is 2. The maximum atomic E-state index is 12.7. The molecule has 0 amide bonds. The fraction of sp³-hybridized carbons (Fsp3) is 0.943. The van der Waals surface area contributed by atoms with Crippen molar-refractivity contribution in [1.82, 2.24) is 0 Å². The number of hydrogen-bond acceptors (Lipinski definition) is 12. The van der Waals surface area contributed by atoms with E-state index in [1.165, 1.54) is 64.2 Å². The van der Waals surface area contributed by atoms with Gasteiger partial charge >= 0.3 is 19.8 Å². The normalized spacial score (nSPS) is 24.3. The molecule has 8 atom stereocenters. The summed E-state index contributed by atoms with van der Waals surface area (Å²) in [5.41, 5.74) is 0. The molecule has 1 aliphatic rings. The van der Waals surface area contributed by atoms with E-state index in [-0.39, 0.29) is 12.8 Å². The fourth-order valence-electron chi connectivity index (χ4n) is 5.82. The molecule has 0 aromatic heterocycles. The zero-order valence-corrected chi connectivity index (χ0v) is 30.9. The van der Waals surface area contributed by atoms with Crippen LogP contribution in [0.2, 0.25) is 0 Å². The van der Waals surface area contributed by atoms with Crippen LogP contribution in [0, 0.1) is 0 Å². The molecule has 13 nitrogen and oxygen atoms in total. The lowest BCUT2D eigenvalue weighted by Crippen LogP contribution is -2.64. The lowest BCUT2D eigenvalue weighted by atomic mass is 9.85. The average molecular weight is 727 g/mol. The molecule has 0 aliphatic heterocycles. The molecule has 49 heavy (non-hydrogen) atoms. The molecule has 290 valence electrons. The van der Waals surface area contributed by atoms with Crippen LogP contribution in [0.4, 0.5) is 0 Å². The largest absolute Gasteiger partial charge is 0.472 e. The summed E-state index contributed by atoms with van der Waals surface area (Å²) in [6, 6.07) is 0. The van der Waals surface area contributed by atoms with Crippen LogP contribution < -0.4 is 0 Å². The minimum absolute atomic E-state index is 0.100. The van der Waals surface area contributed by atoms with Crippen LogP contribution in [0.25, 0.3) is 0 Å². The monoisotopic (exact) mass is 726 g/mol. The Morgan fingerprint density at radius 2 is 0.918 bits per heavy atom. The van der Waals surface area contributed by atoms with Gasteiger partial charge in [-0.1, -0.05) is 129 Å². The van der Waals surface area contributed by atoms with Gasteiger partial charge in [0.05, 0.1) is 6.61 Å². The lowest BCUT2D eigenvalue weighted by molar-refractivity contribution is -0.220. The number of carbonyl (C=O) groups is 2. The van der Waals surface area contributed by atoms with Gasteiger partial charge in [0, 0.05) is 12.8 Å². The molecule has 1 fully saturated rings. The summed E-state index contributed by atoms with van der Waals surface area (Å²) in [6.45, 7) is 3.20. The van der Waals surface area contributed by atoms with E-state index in [2.05, 4.69) is 13.8 Å². The number of carbonyl (C=O) groups excluding carboxylic acids is 2. The van der Waals surface area contributed by atoms with Gasteiger partial charge in [0.25, 0.3) is 0 Å². The smallest absolute Gasteiger partial charge is 0.462 e. The average Bonchev–Trinajstić information content (AvgIpc) is 3.07. The molecule has 0 saturated heterocycles. The molecule has 1 aliphatic carbocycles. The van der Waals surface area contributed by atoms with Crippen LogP contribution in [0.15, 0.2) is 0 Å². The summed E-state index contributed by atoms with van der Waals surface area (Å²) in [7, 11) is -5.09. The standard InChI is InChI=1S/C35H67O13P/c1-3-5-7-9-11-12-13-14-15-16-18-19-21-23-28(36)45-25-27(47-29(37)24-22-20-17-10-8-6-4-2)26-46-49(43,44)48-35-33(41)31(39)30(38)32(40)34(35)42/h27,30-35,38-42H,3-26H2,1-2H3,(H,43,44)/t27-,30?,31-,32?,33?,34?,35?/m1/s1. The van der Waals surface area contributed by atoms with Crippen LogP contribution >= 0.6 is 7.82 Å². The van der Waals surface area contributed by atoms with Gasteiger partial charge in [-0.15, -0.1) is 0 Å². The Labute approximate surface area is 293 Å². The Hall–Kier alpha value is -1.15. The fourth-order valence-corrected chi connectivity index (χ4v) is 6.79. The number of rotatable bonds is 30. The number of phosphoric ester groups is 1. The van der Waals surface area contributed by atoms with E-state index >= 15 is 0 Å². The van der Waals surface area contributed by atoms with E-state index in [4.69, 9.17) is 18.5 Å². The third-order valence-corrected chi connectivity index (χ3v) is 9.93. The van der Waals surface area contributed by atoms with Gasteiger partial charge in [-0.3, -0.25) is 18.6 Å². The predicted molar refractivity (Wildman–Crippen MR) is 184 cm³/mol. The van der Waals surface area contributed by atoms with Gasteiger partial charge in [-0.05, 0) is 12.8 Å². The van der Waals surface area contributed by atoms with Crippen molar-refractivity contribution in [1.29, 1.82) is 0 Å². The molecule has 1 saturated carbocycles. The summed E-state index contributed by atoms with van der Waals surface area (Å²) in [5, 5.41) is 49.8. The minimum atomic E-state index is -5.09. The highest BCUT2D eigenvalue weighted by molar-refractivity contribution is 7.47. The first kappa shape index (κ1) is 45.9. The highest BCUT2D eigenvalue weighted by Gasteiger charge is 2.51. The Kier molecular flexibility index (Phi) is 25.7. The van der Waals surface area contributed by atoms with E-state index in [9.17, 15) is 44.6 Å². The SMILES string of the molecule is CCCCCCCCCCCCCCCC(=O)OC[C@H](COP(=O)(O)OC1C(O)C(O)C(O)[C@@H](O)C1O)OC(=O)CCCCCCCCC. The Bertz CT molecular complexity index is 891. The first-order chi connectivity index (χ1) is 23.4. The second kappa shape index (κ2) is 27.5. The molecule has 6 unspecified atom stereocenters. The molecule has 14 heteroatoms. The van der Waals surface area contributed by atoms with Crippen molar-refractivity contribution in [2.45, 2.75) is 198 Å². The second-order valence-electron chi connectivity index (χ2n) is 13.4. The third-order valence-electron chi connectivity index (χ3n) is 8.95. The quantitative estimate of drug-likeness (QED) is 0.0312. The minimum Gasteiger partial charge on any atom is -0.462 e. The lowest BCUT2D eigenvalue weighted by Gasteiger charge is -2.41. The van der Waals surface area contributed by atoms with Crippen LogP contribution in [0.3, 0.4) is 0 Å². The summed E-state index contributed by atoms with van der Waals surface area (Å²) in [6.07, 6.45) is 9.29.